The highest BCUT2D eigenvalue weighted by molar-refractivity contribution is 5.97. The third-order valence-corrected chi connectivity index (χ3v) is 10.3. The van der Waals surface area contributed by atoms with E-state index in [1.165, 1.54) is 0 Å². The average Bonchev–Trinajstić information content (AvgIpc) is 3.57. The predicted molar refractivity (Wildman–Crippen MR) is 127 cm³/mol. The standard InChI is InChI=1S/C28H40O8/c1-12-14-8-17(19(9-14)24(30)34-7-6-29)21(12)23-22(26(32)35-27(23)33)20-13(2)16-10-15(20)11-18(16)25(31)36-28(3,4)5/h12-23,29H,6-11H2,1-5H3. The van der Waals surface area contributed by atoms with Crippen molar-refractivity contribution >= 4 is 23.9 Å². The van der Waals surface area contributed by atoms with E-state index in [4.69, 9.17) is 19.3 Å². The number of aliphatic hydroxyl groups excluding tert-OH is 1. The maximum atomic E-state index is 13.2. The van der Waals surface area contributed by atoms with Crippen LogP contribution in [0.25, 0.3) is 0 Å². The molecule has 1 N–H and O–H groups in total. The Balaban J connectivity index is 1.37. The normalized spacial score (nSPS) is 45.3. The summed E-state index contributed by atoms with van der Waals surface area (Å²) in [6.07, 6.45) is 3.13. The molecule has 4 aliphatic carbocycles. The number of cyclic esters (lactones) is 2. The number of hydrogen-bond acceptors (Lipinski definition) is 8. The number of rotatable bonds is 6. The van der Waals surface area contributed by atoms with Gasteiger partial charge >= 0.3 is 23.9 Å². The van der Waals surface area contributed by atoms with Gasteiger partial charge in [0, 0.05) is 0 Å². The summed E-state index contributed by atoms with van der Waals surface area (Å²) >= 11 is 0. The van der Waals surface area contributed by atoms with Crippen LogP contribution in [0, 0.1) is 71.0 Å². The summed E-state index contributed by atoms with van der Waals surface area (Å²) in [7, 11) is 0. The van der Waals surface area contributed by atoms with Gasteiger partial charge in [-0.05, 0) is 93.8 Å². The molecule has 0 aromatic heterocycles. The first kappa shape index (κ1) is 25.7. The highest BCUT2D eigenvalue weighted by atomic mass is 16.6. The van der Waals surface area contributed by atoms with Gasteiger partial charge in [0.1, 0.15) is 12.2 Å². The second-order valence-electron chi connectivity index (χ2n) is 13.1. The quantitative estimate of drug-likeness (QED) is 0.333. The summed E-state index contributed by atoms with van der Waals surface area (Å²) in [6.45, 7) is 9.62. The molecule has 8 heteroatoms. The maximum absolute atomic E-state index is 13.2. The van der Waals surface area contributed by atoms with Crippen molar-refractivity contribution in [2.24, 2.45) is 71.0 Å². The Bertz CT molecular complexity index is 934. The Labute approximate surface area is 212 Å². The van der Waals surface area contributed by atoms with Crippen molar-refractivity contribution in [2.45, 2.75) is 65.9 Å². The summed E-state index contributed by atoms with van der Waals surface area (Å²) in [6, 6.07) is 0. The van der Waals surface area contributed by atoms with Gasteiger partial charge in [-0.15, -0.1) is 0 Å². The van der Waals surface area contributed by atoms with E-state index >= 15 is 0 Å². The molecule has 4 saturated carbocycles. The van der Waals surface area contributed by atoms with E-state index in [0.29, 0.717) is 12.3 Å². The molecule has 36 heavy (non-hydrogen) atoms. The summed E-state index contributed by atoms with van der Waals surface area (Å²) in [5.74, 6) is -2.10. The zero-order valence-electron chi connectivity index (χ0n) is 22.0. The van der Waals surface area contributed by atoms with Gasteiger partial charge in [-0.25, -0.2) is 0 Å². The van der Waals surface area contributed by atoms with Gasteiger partial charge < -0.3 is 19.3 Å². The molecule has 0 aromatic carbocycles. The van der Waals surface area contributed by atoms with Crippen LogP contribution in [0.15, 0.2) is 0 Å². The highest BCUT2D eigenvalue weighted by Crippen LogP contribution is 2.64. The van der Waals surface area contributed by atoms with Crippen LogP contribution in [0.5, 0.6) is 0 Å². The molecule has 8 nitrogen and oxygen atoms in total. The van der Waals surface area contributed by atoms with E-state index in [9.17, 15) is 19.2 Å². The predicted octanol–water partition coefficient (Wildman–Crippen LogP) is 3.00. The molecule has 5 rings (SSSR count). The molecule has 4 bridgehead atoms. The van der Waals surface area contributed by atoms with Crippen LogP contribution in [0.4, 0.5) is 0 Å². The van der Waals surface area contributed by atoms with Gasteiger partial charge in [-0.3, -0.25) is 19.2 Å². The summed E-state index contributed by atoms with van der Waals surface area (Å²) in [4.78, 5) is 52.0. The van der Waals surface area contributed by atoms with Crippen LogP contribution < -0.4 is 0 Å². The van der Waals surface area contributed by atoms with Crippen molar-refractivity contribution < 1.29 is 38.5 Å². The van der Waals surface area contributed by atoms with Gasteiger partial charge in [0.05, 0.1) is 30.3 Å². The van der Waals surface area contributed by atoms with Crippen molar-refractivity contribution in [3.8, 4) is 0 Å². The first-order valence-corrected chi connectivity index (χ1v) is 13.7. The topological polar surface area (TPSA) is 116 Å². The Morgan fingerprint density at radius 1 is 0.861 bits per heavy atom. The minimum Gasteiger partial charge on any atom is -0.463 e. The lowest BCUT2D eigenvalue weighted by atomic mass is 9.60. The molecule has 12 unspecified atom stereocenters. The lowest BCUT2D eigenvalue weighted by molar-refractivity contribution is -0.163. The molecular weight excluding hydrogens is 464 g/mol. The fourth-order valence-electron chi connectivity index (χ4n) is 9.10. The summed E-state index contributed by atoms with van der Waals surface area (Å²) < 4.78 is 16.3. The Hall–Kier alpha value is -1.96. The molecule has 0 spiro atoms. The highest BCUT2D eigenvalue weighted by Gasteiger charge is 2.66. The van der Waals surface area contributed by atoms with Gasteiger partial charge in [-0.1, -0.05) is 13.8 Å². The second-order valence-corrected chi connectivity index (χ2v) is 13.1. The molecule has 5 aliphatic rings. The monoisotopic (exact) mass is 504 g/mol. The van der Waals surface area contributed by atoms with E-state index in [-0.39, 0.29) is 78.4 Å². The van der Waals surface area contributed by atoms with Gasteiger partial charge in [0.25, 0.3) is 0 Å². The van der Waals surface area contributed by atoms with E-state index in [1.54, 1.807) is 0 Å². The molecule has 1 heterocycles. The van der Waals surface area contributed by atoms with Gasteiger partial charge in [0.15, 0.2) is 0 Å². The van der Waals surface area contributed by atoms with Crippen LogP contribution in [-0.2, 0) is 33.4 Å². The largest absolute Gasteiger partial charge is 0.463 e. The van der Waals surface area contributed by atoms with Crippen LogP contribution in [0.1, 0.15) is 60.3 Å². The Morgan fingerprint density at radius 2 is 1.44 bits per heavy atom. The molecule has 200 valence electrons. The van der Waals surface area contributed by atoms with Crippen LogP contribution in [0.3, 0.4) is 0 Å². The SMILES string of the molecule is CC1C2CC(CC2C(=O)OC(C)(C)C)C1C1C(=O)OC(=O)C1C1C(C)C2CC(C(=O)OCCO)C1C2. The van der Waals surface area contributed by atoms with Gasteiger partial charge in [-0.2, -0.15) is 0 Å². The van der Waals surface area contributed by atoms with E-state index in [2.05, 4.69) is 13.8 Å². The zero-order chi connectivity index (χ0) is 26.1. The number of carbonyl (C=O) groups excluding carboxylic acids is 4. The molecule has 1 saturated heterocycles. The summed E-state index contributed by atoms with van der Waals surface area (Å²) in [5, 5.41) is 9.06. The molecule has 0 radical (unpaired) electrons. The number of hydrogen-bond donors (Lipinski definition) is 1. The van der Waals surface area contributed by atoms with Crippen molar-refractivity contribution in [3.05, 3.63) is 0 Å². The molecule has 12 atom stereocenters. The molecule has 0 amide bonds. The number of esters is 4. The first-order valence-electron chi connectivity index (χ1n) is 13.7. The molecular formula is C28H40O8. The zero-order valence-corrected chi connectivity index (χ0v) is 22.0. The third-order valence-electron chi connectivity index (χ3n) is 10.3. The molecule has 1 aliphatic heterocycles. The fraction of sp³-hybridized carbons (Fsp3) is 0.857. The number of carbonyl (C=O) groups is 4. The number of fused-ring (bicyclic) bond motifs is 4. The van der Waals surface area contributed by atoms with Crippen LogP contribution in [-0.4, -0.2) is 47.8 Å². The van der Waals surface area contributed by atoms with Crippen molar-refractivity contribution in [3.63, 3.8) is 0 Å². The minimum atomic E-state index is -0.553. The van der Waals surface area contributed by atoms with Crippen LogP contribution >= 0.6 is 0 Å². The lowest BCUT2D eigenvalue weighted by Crippen LogP contribution is -2.45. The smallest absolute Gasteiger partial charge is 0.317 e. The third kappa shape index (κ3) is 4.07. The second kappa shape index (κ2) is 9.10. The molecule has 5 fully saturated rings. The van der Waals surface area contributed by atoms with Gasteiger partial charge in [0.2, 0.25) is 0 Å². The van der Waals surface area contributed by atoms with Crippen LogP contribution in [0.2, 0.25) is 0 Å². The maximum Gasteiger partial charge on any atom is 0.317 e. The van der Waals surface area contributed by atoms with Crippen molar-refractivity contribution in [2.75, 3.05) is 13.2 Å². The summed E-state index contributed by atoms with van der Waals surface area (Å²) in [5.41, 5.74) is -0.541. The Morgan fingerprint density at radius 3 is 2.03 bits per heavy atom. The lowest BCUT2D eigenvalue weighted by Gasteiger charge is -2.41. The fourth-order valence-corrected chi connectivity index (χ4v) is 9.10. The van der Waals surface area contributed by atoms with E-state index in [0.717, 1.165) is 19.3 Å². The Kier molecular flexibility index (Phi) is 6.49. The van der Waals surface area contributed by atoms with E-state index < -0.39 is 29.4 Å². The average molecular weight is 505 g/mol. The number of aliphatic hydroxyl groups is 1. The van der Waals surface area contributed by atoms with Crippen molar-refractivity contribution in [1.29, 1.82) is 0 Å². The minimum absolute atomic E-state index is 0.0104. The molecule has 0 aromatic rings. The van der Waals surface area contributed by atoms with Crippen molar-refractivity contribution in [1.82, 2.24) is 0 Å². The first-order chi connectivity index (χ1) is 16.9. The van der Waals surface area contributed by atoms with E-state index in [1.807, 2.05) is 20.8 Å². The number of ether oxygens (including phenoxy) is 3.